The van der Waals surface area contributed by atoms with E-state index in [1.807, 2.05) is 0 Å². The summed E-state index contributed by atoms with van der Waals surface area (Å²) in [5.74, 6) is 0. The summed E-state index contributed by atoms with van der Waals surface area (Å²) in [6, 6.07) is 5.02. The van der Waals surface area contributed by atoms with Crippen LogP contribution in [-0.2, 0) is 10.0 Å². The quantitative estimate of drug-likeness (QED) is 0.769. The second kappa shape index (κ2) is 9.07. The largest absolute Gasteiger partial charge is 0.314 e. The van der Waals surface area contributed by atoms with E-state index < -0.39 is 10.0 Å². The van der Waals surface area contributed by atoms with Crippen molar-refractivity contribution in [2.75, 3.05) is 39.3 Å². The summed E-state index contributed by atoms with van der Waals surface area (Å²) in [5, 5.41) is 3.27. The molecular formula is C12H19Cl2N5O2S2. The number of sulfonamides is 1. The Hall–Kier alpha value is -0.550. The van der Waals surface area contributed by atoms with Gasteiger partial charge in [0, 0.05) is 39.3 Å². The highest BCUT2D eigenvalue weighted by molar-refractivity contribution is 7.89. The average Bonchev–Trinajstić information content (AvgIpc) is 2.96. The first-order valence-corrected chi connectivity index (χ1v) is 9.02. The Bertz CT molecular complexity index is 719. The molecule has 0 atom stereocenters. The monoisotopic (exact) mass is 399 g/mol. The zero-order valence-corrected chi connectivity index (χ0v) is 15.5. The Morgan fingerprint density at radius 1 is 1.22 bits per heavy atom. The lowest BCUT2D eigenvalue weighted by Crippen LogP contribution is -2.46. The lowest BCUT2D eigenvalue weighted by molar-refractivity contribution is 0.245. The Morgan fingerprint density at radius 2 is 1.96 bits per heavy atom. The van der Waals surface area contributed by atoms with Gasteiger partial charge < -0.3 is 5.32 Å². The zero-order chi connectivity index (χ0) is 14.7. The van der Waals surface area contributed by atoms with Crippen molar-refractivity contribution in [1.82, 2.24) is 23.7 Å². The van der Waals surface area contributed by atoms with E-state index in [-0.39, 0.29) is 29.7 Å². The molecule has 3 rings (SSSR count). The third-order valence-corrected chi connectivity index (χ3v) is 5.50. The van der Waals surface area contributed by atoms with Crippen molar-refractivity contribution in [3.05, 3.63) is 18.2 Å². The highest BCUT2D eigenvalue weighted by Gasteiger charge is 2.19. The molecule has 130 valence electrons. The summed E-state index contributed by atoms with van der Waals surface area (Å²) in [5.41, 5.74) is 1.06. The van der Waals surface area contributed by atoms with E-state index in [4.69, 9.17) is 0 Å². The first-order chi connectivity index (χ1) is 10.2. The average molecular weight is 400 g/mol. The van der Waals surface area contributed by atoms with Gasteiger partial charge >= 0.3 is 0 Å². The van der Waals surface area contributed by atoms with Crippen LogP contribution in [0.3, 0.4) is 0 Å². The summed E-state index contributed by atoms with van der Waals surface area (Å²) < 4.78 is 35.6. The van der Waals surface area contributed by atoms with Crippen LogP contribution in [0.25, 0.3) is 11.0 Å². The van der Waals surface area contributed by atoms with Gasteiger partial charge in [-0.2, -0.15) is 8.75 Å². The molecule has 2 aromatic rings. The molecule has 1 fully saturated rings. The van der Waals surface area contributed by atoms with Crippen LogP contribution in [0, 0.1) is 0 Å². The van der Waals surface area contributed by atoms with Gasteiger partial charge in [0.25, 0.3) is 0 Å². The number of aromatic nitrogens is 2. The molecule has 0 unspecified atom stereocenters. The maximum absolute atomic E-state index is 12.4. The van der Waals surface area contributed by atoms with Gasteiger partial charge in [0.05, 0.1) is 11.7 Å². The van der Waals surface area contributed by atoms with Gasteiger partial charge in [-0.15, -0.1) is 24.8 Å². The summed E-state index contributed by atoms with van der Waals surface area (Å²) in [6.45, 7) is 4.93. The van der Waals surface area contributed by atoms with Gasteiger partial charge in [0.15, 0.2) is 0 Å². The highest BCUT2D eigenvalue weighted by atomic mass is 35.5. The molecule has 1 aliphatic heterocycles. The molecule has 0 spiro atoms. The van der Waals surface area contributed by atoms with Crippen molar-refractivity contribution < 1.29 is 8.42 Å². The maximum Gasteiger partial charge on any atom is 0.242 e. The Labute approximate surface area is 152 Å². The molecule has 1 saturated heterocycles. The van der Waals surface area contributed by atoms with Crippen LogP contribution in [0.5, 0.6) is 0 Å². The number of rotatable bonds is 5. The van der Waals surface area contributed by atoms with Crippen molar-refractivity contribution in [3.8, 4) is 0 Å². The number of nitrogens with zero attached hydrogens (tertiary/aromatic N) is 3. The molecule has 1 aliphatic rings. The molecule has 7 nitrogen and oxygen atoms in total. The predicted octanol–water partition coefficient (Wildman–Crippen LogP) is 0.718. The van der Waals surface area contributed by atoms with Crippen LogP contribution in [0.4, 0.5) is 0 Å². The fraction of sp³-hybridized carbons (Fsp3) is 0.500. The maximum atomic E-state index is 12.4. The van der Waals surface area contributed by atoms with E-state index in [9.17, 15) is 8.42 Å². The van der Waals surface area contributed by atoms with Crippen molar-refractivity contribution in [2.24, 2.45) is 0 Å². The summed E-state index contributed by atoms with van der Waals surface area (Å²) in [7, 11) is -3.55. The Balaban J connectivity index is 0.00000132. The van der Waals surface area contributed by atoms with E-state index in [1.165, 1.54) is 0 Å². The standard InChI is InChI=1S/C12H17N5O2S2.2ClH/c18-21(19,14-6-9-17-7-4-13-5-8-17)11-3-1-2-10-12(11)16-20-15-10;;/h1-3,13-14H,4-9H2;2*1H. The fourth-order valence-electron chi connectivity index (χ4n) is 2.35. The first kappa shape index (κ1) is 20.5. The molecule has 1 aromatic carbocycles. The lowest BCUT2D eigenvalue weighted by Gasteiger charge is -2.27. The number of halogens is 2. The summed E-state index contributed by atoms with van der Waals surface area (Å²) in [6.07, 6.45) is 0. The molecule has 0 bridgehead atoms. The molecule has 23 heavy (non-hydrogen) atoms. The topological polar surface area (TPSA) is 87.2 Å². The number of fused-ring (bicyclic) bond motifs is 1. The predicted molar refractivity (Wildman–Crippen MR) is 96.4 cm³/mol. The lowest BCUT2D eigenvalue weighted by atomic mass is 10.3. The molecule has 11 heteroatoms. The minimum atomic E-state index is -3.55. The molecule has 0 aliphatic carbocycles. The van der Waals surface area contributed by atoms with Crippen LogP contribution < -0.4 is 10.0 Å². The first-order valence-electron chi connectivity index (χ1n) is 6.81. The smallest absolute Gasteiger partial charge is 0.242 e. The normalized spacial score (nSPS) is 15.8. The minimum Gasteiger partial charge on any atom is -0.314 e. The molecule has 0 radical (unpaired) electrons. The van der Waals surface area contributed by atoms with E-state index in [0.29, 0.717) is 24.1 Å². The van der Waals surface area contributed by atoms with Gasteiger partial charge in [-0.25, -0.2) is 13.1 Å². The zero-order valence-electron chi connectivity index (χ0n) is 12.3. The second-order valence-corrected chi connectivity index (χ2v) is 7.14. The van der Waals surface area contributed by atoms with Crippen molar-refractivity contribution in [1.29, 1.82) is 0 Å². The van der Waals surface area contributed by atoms with Crippen LogP contribution in [0.1, 0.15) is 0 Å². The van der Waals surface area contributed by atoms with E-state index in [0.717, 1.165) is 37.9 Å². The molecule has 0 amide bonds. The highest BCUT2D eigenvalue weighted by Crippen LogP contribution is 2.20. The summed E-state index contributed by atoms with van der Waals surface area (Å²) in [4.78, 5) is 2.44. The van der Waals surface area contributed by atoms with Gasteiger partial charge in [-0.05, 0) is 12.1 Å². The number of benzene rings is 1. The third kappa shape index (κ3) is 4.96. The van der Waals surface area contributed by atoms with Gasteiger partial charge in [-0.1, -0.05) is 6.07 Å². The van der Waals surface area contributed by atoms with Crippen molar-refractivity contribution >= 4 is 57.6 Å². The van der Waals surface area contributed by atoms with E-state index >= 15 is 0 Å². The molecule has 1 aromatic heterocycles. The third-order valence-electron chi connectivity index (χ3n) is 3.47. The van der Waals surface area contributed by atoms with Crippen LogP contribution in [-0.4, -0.2) is 61.3 Å². The SMILES string of the molecule is Cl.Cl.O=S(=O)(NCCN1CCNCC1)c1cccc2nsnc12. The minimum absolute atomic E-state index is 0. The van der Waals surface area contributed by atoms with Crippen LogP contribution in [0.2, 0.25) is 0 Å². The van der Waals surface area contributed by atoms with Crippen LogP contribution >= 0.6 is 36.5 Å². The van der Waals surface area contributed by atoms with Crippen LogP contribution in [0.15, 0.2) is 23.1 Å². The molecule has 2 N–H and O–H groups in total. The number of hydrogen-bond acceptors (Lipinski definition) is 7. The second-order valence-electron chi connectivity index (χ2n) is 4.88. The van der Waals surface area contributed by atoms with E-state index in [2.05, 4.69) is 23.7 Å². The fourth-order valence-corrected chi connectivity index (χ4v) is 4.13. The summed E-state index contributed by atoms with van der Waals surface area (Å²) >= 11 is 1.02. The van der Waals surface area contributed by atoms with Crippen molar-refractivity contribution in [2.45, 2.75) is 4.90 Å². The Kier molecular flexibility index (Phi) is 8.08. The molecular weight excluding hydrogens is 381 g/mol. The number of hydrogen-bond donors (Lipinski definition) is 2. The van der Waals surface area contributed by atoms with Gasteiger partial charge in [0.1, 0.15) is 15.9 Å². The van der Waals surface area contributed by atoms with E-state index in [1.54, 1.807) is 18.2 Å². The Morgan fingerprint density at radius 3 is 2.70 bits per heavy atom. The molecule has 2 heterocycles. The van der Waals surface area contributed by atoms with Crippen molar-refractivity contribution in [3.63, 3.8) is 0 Å². The molecule has 0 saturated carbocycles. The van der Waals surface area contributed by atoms with Gasteiger partial charge in [-0.3, -0.25) is 4.90 Å². The number of nitrogens with one attached hydrogen (secondary N) is 2. The number of piperazine rings is 1. The van der Waals surface area contributed by atoms with Gasteiger partial charge in [0.2, 0.25) is 10.0 Å².